The molecule has 2 aromatic carbocycles. The Bertz CT molecular complexity index is 641. The van der Waals surface area contributed by atoms with Crippen molar-refractivity contribution in [1.82, 2.24) is 5.32 Å². The maximum absolute atomic E-state index is 14.0. The monoisotopic (exact) mass is 333 g/mol. The van der Waals surface area contributed by atoms with Gasteiger partial charge in [0.25, 0.3) is 0 Å². The van der Waals surface area contributed by atoms with Crippen LogP contribution >= 0.6 is 23.2 Å². The summed E-state index contributed by atoms with van der Waals surface area (Å²) >= 11 is 11.9. The van der Waals surface area contributed by atoms with Gasteiger partial charge in [-0.1, -0.05) is 36.2 Å². The zero-order valence-electron chi connectivity index (χ0n) is 11.1. The summed E-state index contributed by atoms with van der Waals surface area (Å²) in [6, 6.07) is 6.15. The third-order valence-corrected chi connectivity index (χ3v) is 3.44. The Balaban J connectivity index is 2.56. The van der Waals surface area contributed by atoms with Crippen LogP contribution in [-0.2, 0) is 0 Å². The first kappa shape index (κ1) is 16.1. The van der Waals surface area contributed by atoms with E-state index in [9.17, 15) is 13.2 Å². The van der Waals surface area contributed by atoms with Gasteiger partial charge in [0.15, 0.2) is 17.5 Å². The second-order valence-electron chi connectivity index (χ2n) is 4.46. The van der Waals surface area contributed by atoms with Gasteiger partial charge in [0, 0.05) is 15.6 Å². The number of nitrogens with one attached hydrogen (secondary N) is 1. The Kier molecular flexibility index (Phi) is 5.14. The summed E-state index contributed by atoms with van der Waals surface area (Å²) < 4.78 is 40.5. The van der Waals surface area contributed by atoms with Crippen LogP contribution in [0.5, 0.6) is 0 Å². The van der Waals surface area contributed by atoms with Gasteiger partial charge < -0.3 is 5.32 Å². The molecule has 0 aromatic heterocycles. The highest BCUT2D eigenvalue weighted by molar-refractivity contribution is 6.34. The van der Waals surface area contributed by atoms with E-state index in [0.29, 0.717) is 22.2 Å². The third-order valence-electron chi connectivity index (χ3n) is 3.00. The molecule has 21 heavy (non-hydrogen) atoms. The van der Waals surface area contributed by atoms with Gasteiger partial charge >= 0.3 is 0 Å². The van der Waals surface area contributed by atoms with Crippen molar-refractivity contribution in [3.63, 3.8) is 0 Å². The minimum Gasteiger partial charge on any atom is -0.306 e. The lowest BCUT2D eigenvalue weighted by Crippen LogP contribution is -2.23. The summed E-state index contributed by atoms with van der Waals surface area (Å²) in [5.41, 5.74) is 0.563. The molecule has 0 saturated heterocycles. The average molecular weight is 334 g/mol. The van der Waals surface area contributed by atoms with Gasteiger partial charge in [0.05, 0.1) is 6.04 Å². The minimum absolute atomic E-state index is 0.00548. The molecule has 0 bridgehead atoms. The fourth-order valence-electron chi connectivity index (χ4n) is 2.12. The van der Waals surface area contributed by atoms with Crippen LogP contribution in [0.2, 0.25) is 10.0 Å². The number of halogens is 5. The van der Waals surface area contributed by atoms with Gasteiger partial charge in [-0.3, -0.25) is 0 Å². The summed E-state index contributed by atoms with van der Waals surface area (Å²) in [6.45, 7) is 2.31. The topological polar surface area (TPSA) is 12.0 Å². The van der Waals surface area contributed by atoms with Gasteiger partial charge in [-0.15, -0.1) is 0 Å². The molecule has 1 N–H and O–H groups in total. The summed E-state index contributed by atoms with van der Waals surface area (Å²) in [4.78, 5) is 0. The SMILES string of the molecule is CCNC(c1cc(Cl)cc(Cl)c1)c1ccc(F)c(F)c1F. The second-order valence-corrected chi connectivity index (χ2v) is 5.33. The molecule has 1 nitrogen and oxygen atoms in total. The van der Waals surface area contributed by atoms with Crippen LogP contribution < -0.4 is 5.32 Å². The van der Waals surface area contributed by atoms with Crippen LogP contribution in [0, 0.1) is 17.5 Å². The van der Waals surface area contributed by atoms with E-state index in [1.54, 1.807) is 12.1 Å². The van der Waals surface area contributed by atoms with Crippen LogP contribution in [0.1, 0.15) is 24.1 Å². The third kappa shape index (κ3) is 3.51. The molecule has 1 atom stereocenters. The molecule has 1 unspecified atom stereocenters. The lowest BCUT2D eigenvalue weighted by molar-refractivity contribution is 0.433. The van der Waals surface area contributed by atoms with Crippen LogP contribution in [0.4, 0.5) is 13.2 Å². The molecule has 0 amide bonds. The van der Waals surface area contributed by atoms with Gasteiger partial charge in [0.2, 0.25) is 0 Å². The van der Waals surface area contributed by atoms with E-state index >= 15 is 0 Å². The van der Waals surface area contributed by atoms with E-state index in [1.165, 1.54) is 12.1 Å². The fraction of sp³-hybridized carbons (Fsp3) is 0.200. The van der Waals surface area contributed by atoms with Crippen molar-refractivity contribution in [1.29, 1.82) is 0 Å². The average Bonchev–Trinajstić information content (AvgIpc) is 2.42. The Morgan fingerprint density at radius 2 is 1.62 bits per heavy atom. The Morgan fingerprint density at radius 3 is 2.19 bits per heavy atom. The van der Waals surface area contributed by atoms with E-state index in [4.69, 9.17) is 23.2 Å². The highest BCUT2D eigenvalue weighted by Gasteiger charge is 2.22. The van der Waals surface area contributed by atoms with Crippen molar-refractivity contribution in [3.05, 3.63) is 69.0 Å². The van der Waals surface area contributed by atoms with Gasteiger partial charge in [0.1, 0.15) is 0 Å². The number of rotatable bonds is 4. The molecule has 0 aliphatic carbocycles. The normalized spacial score (nSPS) is 12.5. The summed E-state index contributed by atoms with van der Waals surface area (Å²) in [5, 5.41) is 3.77. The molecule has 112 valence electrons. The van der Waals surface area contributed by atoms with Crippen molar-refractivity contribution in [2.75, 3.05) is 6.54 Å². The lowest BCUT2D eigenvalue weighted by Gasteiger charge is -2.20. The number of benzene rings is 2. The summed E-state index contributed by atoms with van der Waals surface area (Å²) in [6.07, 6.45) is 0. The van der Waals surface area contributed by atoms with Crippen molar-refractivity contribution >= 4 is 23.2 Å². The van der Waals surface area contributed by atoms with Gasteiger partial charge in [-0.25, -0.2) is 13.2 Å². The molecule has 2 aromatic rings. The van der Waals surface area contributed by atoms with E-state index in [0.717, 1.165) is 6.07 Å². The predicted molar refractivity (Wildman–Crippen MR) is 78.3 cm³/mol. The zero-order valence-corrected chi connectivity index (χ0v) is 12.6. The van der Waals surface area contributed by atoms with E-state index in [-0.39, 0.29) is 5.56 Å². The maximum Gasteiger partial charge on any atom is 0.194 e. The quantitative estimate of drug-likeness (QED) is 0.766. The first-order valence-corrected chi connectivity index (χ1v) is 7.02. The molecule has 0 heterocycles. The molecular weight excluding hydrogens is 322 g/mol. The minimum atomic E-state index is -1.50. The first-order valence-electron chi connectivity index (χ1n) is 6.26. The molecule has 0 spiro atoms. The van der Waals surface area contributed by atoms with Crippen LogP contribution in [0.25, 0.3) is 0 Å². The molecule has 0 aliphatic rings. The lowest BCUT2D eigenvalue weighted by atomic mass is 9.98. The molecule has 0 fully saturated rings. The van der Waals surface area contributed by atoms with Crippen molar-refractivity contribution in [3.8, 4) is 0 Å². The summed E-state index contributed by atoms with van der Waals surface area (Å²) in [5.74, 6) is -3.95. The van der Waals surface area contributed by atoms with Crippen molar-refractivity contribution in [2.24, 2.45) is 0 Å². The predicted octanol–water partition coefficient (Wildman–Crippen LogP) is 5.11. The highest BCUT2D eigenvalue weighted by Crippen LogP contribution is 2.30. The van der Waals surface area contributed by atoms with Gasteiger partial charge in [-0.2, -0.15) is 0 Å². The Hall–Kier alpha value is -1.23. The van der Waals surface area contributed by atoms with Crippen LogP contribution in [0.15, 0.2) is 30.3 Å². The summed E-state index contributed by atoms with van der Waals surface area (Å²) in [7, 11) is 0. The maximum atomic E-state index is 14.0. The van der Waals surface area contributed by atoms with E-state index < -0.39 is 23.5 Å². The van der Waals surface area contributed by atoms with Gasteiger partial charge in [-0.05, 0) is 36.4 Å². The number of hydrogen-bond acceptors (Lipinski definition) is 1. The highest BCUT2D eigenvalue weighted by atomic mass is 35.5. The Labute approximate surface area is 130 Å². The molecule has 0 saturated carbocycles. The Morgan fingerprint density at radius 1 is 1.00 bits per heavy atom. The van der Waals surface area contributed by atoms with Crippen LogP contribution in [-0.4, -0.2) is 6.54 Å². The van der Waals surface area contributed by atoms with E-state index in [2.05, 4.69) is 5.32 Å². The zero-order chi connectivity index (χ0) is 15.6. The first-order chi connectivity index (χ1) is 9.93. The molecule has 0 radical (unpaired) electrons. The standard InChI is InChI=1S/C15H12Cl2F3N/c1-2-21-15(8-5-9(16)7-10(17)6-8)11-3-4-12(18)14(20)13(11)19/h3-7,15,21H,2H2,1H3. The fourth-order valence-corrected chi connectivity index (χ4v) is 2.66. The van der Waals surface area contributed by atoms with Crippen LogP contribution in [0.3, 0.4) is 0 Å². The smallest absolute Gasteiger partial charge is 0.194 e. The second kappa shape index (κ2) is 6.69. The molecule has 2 rings (SSSR count). The number of hydrogen-bond donors (Lipinski definition) is 1. The molecule has 0 aliphatic heterocycles. The largest absolute Gasteiger partial charge is 0.306 e. The molecular formula is C15H12Cl2F3N. The van der Waals surface area contributed by atoms with Crippen molar-refractivity contribution in [2.45, 2.75) is 13.0 Å². The van der Waals surface area contributed by atoms with E-state index in [1.807, 2.05) is 6.92 Å². The molecule has 6 heteroatoms. The van der Waals surface area contributed by atoms with Crippen molar-refractivity contribution < 1.29 is 13.2 Å².